The Balaban J connectivity index is 2.22. The number of rotatable bonds is 6. The third kappa shape index (κ3) is 4.37. The molecule has 21 heavy (non-hydrogen) atoms. The van der Waals surface area contributed by atoms with Crippen LogP contribution in [0.5, 0.6) is 11.5 Å². The molecule has 0 radical (unpaired) electrons. The number of nitrogens with one attached hydrogen (secondary N) is 1. The van der Waals surface area contributed by atoms with Crippen molar-refractivity contribution in [1.82, 2.24) is 5.32 Å². The van der Waals surface area contributed by atoms with Crippen molar-refractivity contribution in [2.45, 2.75) is 26.8 Å². The largest absolute Gasteiger partial charge is 0.457 e. The molecule has 4 heteroatoms. The summed E-state index contributed by atoms with van der Waals surface area (Å²) in [5, 5.41) is 4.80. The fourth-order valence-electron chi connectivity index (χ4n) is 2.00. The lowest BCUT2D eigenvalue weighted by molar-refractivity contribution is 0.472. The van der Waals surface area contributed by atoms with Gasteiger partial charge in [0, 0.05) is 22.2 Å². The van der Waals surface area contributed by atoms with Crippen molar-refractivity contribution in [3.63, 3.8) is 0 Å². The summed E-state index contributed by atoms with van der Waals surface area (Å²) in [6, 6.07) is 11.3. The van der Waals surface area contributed by atoms with Crippen molar-refractivity contribution in [3.8, 4) is 11.5 Å². The average Bonchev–Trinajstić information content (AvgIpc) is 2.46. The Morgan fingerprint density at radius 3 is 2.62 bits per heavy atom. The second-order valence-corrected chi connectivity index (χ2v) is 5.72. The molecular weight excluding hydrogens is 305 g/mol. The summed E-state index contributed by atoms with van der Waals surface area (Å²) < 4.78 is 5.97. The van der Waals surface area contributed by atoms with E-state index in [-0.39, 0.29) is 0 Å². The van der Waals surface area contributed by atoms with E-state index in [2.05, 4.69) is 12.2 Å². The van der Waals surface area contributed by atoms with Gasteiger partial charge < -0.3 is 10.1 Å². The highest BCUT2D eigenvalue weighted by Crippen LogP contribution is 2.31. The van der Waals surface area contributed by atoms with Gasteiger partial charge in [-0.25, -0.2) is 0 Å². The van der Waals surface area contributed by atoms with E-state index in [9.17, 15) is 0 Å². The summed E-state index contributed by atoms with van der Waals surface area (Å²) in [6.07, 6.45) is 1.08. The highest BCUT2D eigenvalue weighted by Gasteiger charge is 2.09. The smallest absolute Gasteiger partial charge is 0.133 e. The van der Waals surface area contributed by atoms with Crippen molar-refractivity contribution in [1.29, 1.82) is 0 Å². The normalized spacial score (nSPS) is 10.7. The Morgan fingerprint density at radius 1 is 1.10 bits per heavy atom. The fraction of sp³-hybridized carbons (Fsp3) is 0.294. The predicted molar refractivity (Wildman–Crippen MR) is 89.7 cm³/mol. The monoisotopic (exact) mass is 323 g/mol. The second-order valence-electron chi connectivity index (χ2n) is 4.91. The van der Waals surface area contributed by atoms with Gasteiger partial charge in [0.15, 0.2) is 0 Å². The average molecular weight is 324 g/mol. The molecule has 2 rings (SSSR count). The molecule has 0 aliphatic rings. The Hall–Kier alpha value is -1.22. The maximum Gasteiger partial charge on any atom is 0.133 e. The van der Waals surface area contributed by atoms with Crippen LogP contribution in [-0.4, -0.2) is 6.54 Å². The van der Waals surface area contributed by atoms with E-state index in [0.717, 1.165) is 40.6 Å². The minimum atomic E-state index is 0.690. The lowest BCUT2D eigenvalue weighted by atomic mass is 10.2. The first-order chi connectivity index (χ1) is 10.1. The van der Waals surface area contributed by atoms with Gasteiger partial charge in [0.1, 0.15) is 11.5 Å². The number of hydrogen-bond donors (Lipinski definition) is 1. The number of aryl methyl sites for hydroxylation is 1. The number of benzene rings is 2. The van der Waals surface area contributed by atoms with Gasteiger partial charge >= 0.3 is 0 Å². The quantitative estimate of drug-likeness (QED) is 0.699. The Labute approximate surface area is 136 Å². The number of halogens is 2. The van der Waals surface area contributed by atoms with E-state index >= 15 is 0 Å². The third-order valence-electron chi connectivity index (χ3n) is 3.16. The van der Waals surface area contributed by atoms with E-state index in [1.807, 2.05) is 43.3 Å². The highest BCUT2D eigenvalue weighted by atomic mass is 35.5. The van der Waals surface area contributed by atoms with Gasteiger partial charge in [-0.3, -0.25) is 0 Å². The van der Waals surface area contributed by atoms with Crippen molar-refractivity contribution in [2.75, 3.05) is 6.54 Å². The van der Waals surface area contributed by atoms with Crippen LogP contribution in [0.1, 0.15) is 24.5 Å². The molecule has 2 aromatic rings. The van der Waals surface area contributed by atoms with Gasteiger partial charge in [0.2, 0.25) is 0 Å². The third-order valence-corrected chi connectivity index (χ3v) is 3.94. The summed E-state index contributed by atoms with van der Waals surface area (Å²) in [5.41, 5.74) is 1.96. The van der Waals surface area contributed by atoms with Crippen molar-refractivity contribution in [2.24, 2.45) is 0 Å². The zero-order chi connectivity index (χ0) is 15.2. The van der Waals surface area contributed by atoms with E-state index in [0.29, 0.717) is 11.6 Å². The predicted octanol–water partition coefficient (Wildman–Crippen LogP) is 5.59. The van der Waals surface area contributed by atoms with Crippen molar-refractivity contribution in [3.05, 3.63) is 57.6 Å². The van der Waals surface area contributed by atoms with Crippen LogP contribution in [0.15, 0.2) is 36.4 Å². The van der Waals surface area contributed by atoms with Crippen LogP contribution in [-0.2, 0) is 6.54 Å². The lowest BCUT2D eigenvalue weighted by Crippen LogP contribution is -2.14. The molecule has 2 nitrogen and oxygen atoms in total. The van der Waals surface area contributed by atoms with Crippen molar-refractivity contribution < 1.29 is 4.74 Å². The van der Waals surface area contributed by atoms with Gasteiger partial charge in [-0.2, -0.15) is 0 Å². The molecule has 0 aliphatic heterocycles. The van der Waals surface area contributed by atoms with Gasteiger partial charge in [-0.15, -0.1) is 0 Å². The molecule has 0 saturated heterocycles. The van der Waals surface area contributed by atoms with Crippen molar-refractivity contribution >= 4 is 23.2 Å². The minimum Gasteiger partial charge on any atom is -0.457 e. The van der Waals surface area contributed by atoms with Gasteiger partial charge in [0.25, 0.3) is 0 Å². The van der Waals surface area contributed by atoms with Gasteiger partial charge in [0.05, 0.1) is 0 Å². The molecule has 0 bridgehead atoms. The molecule has 0 unspecified atom stereocenters. The maximum atomic E-state index is 6.29. The molecule has 0 heterocycles. The van der Waals surface area contributed by atoms with E-state index in [1.54, 1.807) is 0 Å². The summed E-state index contributed by atoms with van der Waals surface area (Å²) in [5.74, 6) is 1.53. The van der Waals surface area contributed by atoms with Gasteiger partial charge in [-0.05, 0) is 55.8 Å². The molecule has 0 amide bonds. The summed E-state index contributed by atoms with van der Waals surface area (Å²) in [6.45, 7) is 5.73. The molecular formula is C17H19Cl2NO. The zero-order valence-corrected chi connectivity index (χ0v) is 13.8. The molecule has 0 spiro atoms. The first-order valence-electron chi connectivity index (χ1n) is 7.04. The number of ether oxygens (including phenoxy) is 1. The second kappa shape index (κ2) is 7.69. The fourth-order valence-corrected chi connectivity index (χ4v) is 2.35. The topological polar surface area (TPSA) is 21.3 Å². The SMILES string of the molecule is CCCNCc1c(Cl)cccc1Oc1ccc(Cl)c(C)c1. The van der Waals surface area contributed by atoms with E-state index in [4.69, 9.17) is 27.9 Å². The summed E-state index contributed by atoms with van der Waals surface area (Å²) in [7, 11) is 0. The molecule has 2 aromatic carbocycles. The lowest BCUT2D eigenvalue weighted by Gasteiger charge is -2.14. The van der Waals surface area contributed by atoms with Crippen LogP contribution in [0, 0.1) is 6.92 Å². The molecule has 0 aromatic heterocycles. The first kappa shape index (κ1) is 16.2. The molecule has 112 valence electrons. The Bertz CT molecular complexity index is 614. The van der Waals surface area contributed by atoms with Crippen LogP contribution in [0.3, 0.4) is 0 Å². The van der Waals surface area contributed by atoms with Crippen LogP contribution in [0.25, 0.3) is 0 Å². The van der Waals surface area contributed by atoms with Gasteiger partial charge in [-0.1, -0.05) is 36.2 Å². The standard InChI is InChI=1S/C17H19Cl2NO/c1-3-9-20-11-14-16(19)5-4-6-17(14)21-13-7-8-15(18)12(2)10-13/h4-8,10,20H,3,9,11H2,1-2H3. The Kier molecular flexibility index (Phi) is 5.92. The first-order valence-corrected chi connectivity index (χ1v) is 7.79. The summed E-state index contributed by atoms with van der Waals surface area (Å²) >= 11 is 12.3. The maximum absolute atomic E-state index is 6.29. The summed E-state index contributed by atoms with van der Waals surface area (Å²) in [4.78, 5) is 0. The molecule has 0 aliphatic carbocycles. The van der Waals surface area contributed by atoms with Crippen LogP contribution >= 0.6 is 23.2 Å². The molecule has 0 saturated carbocycles. The molecule has 0 fully saturated rings. The molecule has 0 atom stereocenters. The van der Waals surface area contributed by atoms with E-state index in [1.165, 1.54) is 0 Å². The molecule has 1 N–H and O–H groups in total. The zero-order valence-electron chi connectivity index (χ0n) is 12.2. The van der Waals surface area contributed by atoms with E-state index < -0.39 is 0 Å². The number of hydrogen-bond acceptors (Lipinski definition) is 2. The highest BCUT2D eigenvalue weighted by molar-refractivity contribution is 6.31. The van der Waals surface area contributed by atoms with Crippen LogP contribution in [0.4, 0.5) is 0 Å². The Morgan fingerprint density at radius 2 is 1.90 bits per heavy atom. The van der Waals surface area contributed by atoms with Crippen LogP contribution in [0.2, 0.25) is 10.0 Å². The van der Waals surface area contributed by atoms with Crippen LogP contribution < -0.4 is 10.1 Å². The minimum absolute atomic E-state index is 0.690.